The minimum atomic E-state index is 1.11. The highest BCUT2D eigenvalue weighted by molar-refractivity contribution is 4.83. The summed E-state index contributed by atoms with van der Waals surface area (Å²) < 4.78 is 5.04. The first-order valence-corrected chi connectivity index (χ1v) is 15.9. The molecule has 34 heavy (non-hydrogen) atoms. The Bertz CT molecular complexity index is 533. The van der Waals surface area contributed by atoms with Gasteiger partial charge in [0.2, 0.25) is 0 Å². The Morgan fingerprint density at radius 3 is 1.29 bits per heavy atom. The topological polar surface area (TPSA) is 8.81 Å². The number of aromatic nitrogens is 2. The molecule has 0 saturated carbocycles. The third-order valence-electron chi connectivity index (χ3n) is 7.69. The van der Waals surface area contributed by atoms with Gasteiger partial charge in [-0.2, -0.15) is 0 Å². The van der Waals surface area contributed by atoms with E-state index < -0.39 is 0 Å². The van der Waals surface area contributed by atoms with E-state index in [4.69, 9.17) is 0 Å². The van der Waals surface area contributed by atoms with Crippen molar-refractivity contribution in [2.45, 2.75) is 188 Å². The first-order chi connectivity index (χ1) is 16.8. The average Bonchev–Trinajstić information content (AvgIpc) is 3.24. The summed E-state index contributed by atoms with van der Waals surface area (Å²) in [5.41, 5.74) is 0. The SMILES string of the molecule is CCCCCCCCCCCCCCCCCC[n+]1ccn(CC)c1CCCCCCCCC. The number of imidazole rings is 1. The molecule has 1 aromatic heterocycles. The number of hydrogen-bond acceptors (Lipinski definition) is 0. The molecule has 0 bridgehead atoms. The number of aryl methyl sites for hydroxylation is 2. The van der Waals surface area contributed by atoms with E-state index in [2.05, 4.69) is 42.3 Å². The van der Waals surface area contributed by atoms with Crippen molar-refractivity contribution in [1.82, 2.24) is 4.57 Å². The fourth-order valence-corrected chi connectivity index (χ4v) is 5.35. The van der Waals surface area contributed by atoms with Gasteiger partial charge in [-0.05, 0) is 26.2 Å². The predicted octanol–water partition coefficient (Wildman–Crippen LogP) is 10.4. The summed E-state index contributed by atoms with van der Waals surface area (Å²) in [6.45, 7) is 9.22. The van der Waals surface area contributed by atoms with Gasteiger partial charge in [0.05, 0.1) is 13.1 Å². The highest BCUT2D eigenvalue weighted by Crippen LogP contribution is 2.14. The van der Waals surface area contributed by atoms with Crippen molar-refractivity contribution in [3.8, 4) is 0 Å². The van der Waals surface area contributed by atoms with Gasteiger partial charge in [0.1, 0.15) is 12.4 Å². The van der Waals surface area contributed by atoms with Crippen LogP contribution >= 0.6 is 0 Å². The van der Waals surface area contributed by atoms with Gasteiger partial charge in [-0.1, -0.05) is 142 Å². The minimum Gasteiger partial charge on any atom is -0.235 e. The van der Waals surface area contributed by atoms with Gasteiger partial charge in [-0.3, -0.25) is 0 Å². The van der Waals surface area contributed by atoms with Crippen LogP contribution in [0.1, 0.15) is 174 Å². The van der Waals surface area contributed by atoms with Gasteiger partial charge in [0.15, 0.2) is 0 Å². The lowest BCUT2D eigenvalue weighted by Gasteiger charge is -2.06. The standard InChI is InChI=1S/C32H63N2/c1-4-7-9-11-13-14-15-16-17-18-19-20-21-23-25-27-29-34-31-30-33(6-3)32(34)28-26-24-22-12-10-8-5-2/h30-31H,4-29H2,1-3H3/q+1. The van der Waals surface area contributed by atoms with E-state index in [0.717, 1.165) is 6.54 Å². The van der Waals surface area contributed by atoms with Crippen molar-refractivity contribution >= 4 is 0 Å². The lowest BCUT2D eigenvalue weighted by molar-refractivity contribution is -0.704. The fraction of sp³-hybridized carbons (Fsp3) is 0.906. The summed E-state index contributed by atoms with van der Waals surface area (Å²) in [5, 5.41) is 0. The summed E-state index contributed by atoms with van der Waals surface area (Å²) in [6.07, 6.45) is 38.8. The van der Waals surface area contributed by atoms with Crippen molar-refractivity contribution in [2.75, 3.05) is 0 Å². The van der Waals surface area contributed by atoms with Crippen LogP contribution < -0.4 is 4.57 Å². The molecule has 0 aliphatic carbocycles. The first kappa shape index (κ1) is 31.2. The Labute approximate surface area is 215 Å². The Morgan fingerprint density at radius 2 is 0.882 bits per heavy atom. The van der Waals surface area contributed by atoms with Crippen LogP contribution in [0.5, 0.6) is 0 Å². The largest absolute Gasteiger partial charge is 0.256 e. The zero-order valence-corrected chi connectivity index (χ0v) is 23.9. The van der Waals surface area contributed by atoms with Gasteiger partial charge < -0.3 is 0 Å². The van der Waals surface area contributed by atoms with Gasteiger partial charge in [0, 0.05) is 6.42 Å². The van der Waals surface area contributed by atoms with Crippen LogP contribution in [-0.4, -0.2) is 4.57 Å². The third-order valence-corrected chi connectivity index (χ3v) is 7.69. The molecule has 0 saturated heterocycles. The first-order valence-electron chi connectivity index (χ1n) is 15.9. The summed E-state index contributed by atoms with van der Waals surface area (Å²) in [5.74, 6) is 1.57. The maximum Gasteiger partial charge on any atom is 0.256 e. The van der Waals surface area contributed by atoms with Crippen molar-refractivity contribution < 1.29 is 4.57 Å². The molecule has 0 unspecified atom stereocenters. The van der Waals surface area contributed by atoms with Gasteiger partial charge >= 0.3 is 0 Å². The molecule has 1 heterocycles. The van der Waals surface area contributed by atoms with Gasteiger partial charge in [0.25, 0.3) is 5.82 Å². The predicted molar refractivity (Wildman–Crippen MR) is 152 cm³/mol. The summed E-state index contributed by atoms with van der Waals surface area (Å²) >= 11 is 0. The second-order valence-corrected chi connectivity index (χ2v) is 10.9. The van der Waals surface area contributed by atoms with Crippen molar-refractivity contribution in [3.63, 3.8) is 0 Å². The molecule has 1 rings (SSSR count). The Kier molecular flexibility index (Phi) is 22.0. The number of rotatable bonds is 26. The third kappa shape index (κ3) is 16.8. The second kappa shape index (κ2) is 23.9. The molecule has 0 spiro atoms. The lowest BCUT2D eigenvalue weighted by Crippen LogP contribution is -2.37. The molecule has 2 heteroatoms. The highest BCUT2D eigenvalue weighted by atomic mass is 15.1. The molecule has 0 N–H and O–H groups in total. The van der Waals surface area contributed by atoms with Crippen molar-refractivity contribution in [1.29, 1.82) is 0 Å². The van der Waals surface area contributed by atoms with Crippen LogP contribution in [0.2, 0.25) is 0 Å². The molecule has 0 aliphatic heterocycles. The molecule has 1 aromatic rings. The Hall–Kier alpha value is -0.790. The smallest absolute Gasteiger partial charge is 0.235 e. The van der Waals surface area contributed by atoms with E-state index in [0.29, 0.717) is 0 Å². The molecule has 0 atom stereocenters. The Morgan fingerprint density at radius 1 is 0.500 bits per heavy atom. The summed E-state index contributed by atoms with van der Waals surface area (Å²) in [7, 11) is 0. The molecule has 0 radical (unpaired) electrons. The number of unbranched alkanes of at least 4 members (excludes halogenated alkanes) is 21. The van der Waals surface area contributed by atoms with E-state index in [1.165, 1.54) is 161 Å². The van der Waals surface area contributed by atoms with Crippen LogP contribution in [0.3, 0.4) is 0 Å². The molecular weight excluding hydrogens is 412 g/mol. The fourth-order valence-electron chi connectivity index (χ4n) is 5.35. The number of hydrogen-bond donors (Lipinski definition) is 0. The highest BCUT2D eigenvalue weighted by Gasteiger charge is 2.15. The van der Waals surface area contributed by atoms with Crippen LogP contribution in [0, 0.1) is 0 Å². The van der Waals surface area contributed by atoms with Crippen molar-refractivity contribution in [2.24, 2.45) is 0 Å². The van der Waals surface area contributed by atoms with E-state index in [9.17, 15) is 0 Å². The quantitative estimate of drug-likeness (QED) is 0.0930. The summed E-state index contributed by atoms with van der Waals surface area (Å²) in [6, 6.07) is 0. The second-order valence-electron chi connectivity index (χ2n) is 10.9. The van der Waals surface area contributed by atoms with Crippen LogP contribution in [-0.2, 0) is 19.5 Å². The van der Waals surface area contributed by atoms with E-state index in [1.807, 2.05) is 0 Å². The lowest BCUT2D eigenvalue weighted by atomic mass is 10.0. The van der Waals surface area contributed by atoms with Crippen LogP contribution in [0.25, 0.3) is 0 Å². The average molecular weight is 476 g/mol. The maximum atomic E-state index is 2.56. The molecule has 0 fully saturated rings. The minimum absolute atomic E-state index is 1.11. The molecule has 0 aromatic carbocycles. The van der Waals surface area contributed by atoms with Crippen molar-refractivity contribution in [3.05, 3.63) is 18.2 Å². The van der Waals surface area contributed by atoms with E-state index in [-0.39, 0.29) is 0 Å². The Balaban J connectivity index is 1.99. The van der Waals surface area contributed by atoms with E-state index in [1.54, 1.807) is 5.82 Å². The monoisotopic (exact) mass is 475 g/mol. The van der Waals surface area contributed by atoms with Crippen LogP contribution in [0.15, 0.2) is 12.4 Å². The van der Waals surface area contributed by atoms with Crippen LogP contribution in [0.4, 0.5) is 0 Å². The molecule has 200 valence electrons. The van der Waals surface area contributed by atoms with Gasteiger partial charge in [-0.25, -0.2) is 9.13 Å². The zero-order chi connectivity index (χ0) is 24.5. The molecular formula is C32H63N2+. The number of nitrogens with zero attached hydrogens (tertiary/aromatic N) is 2. The van der Waals surface area contributed by atoms with Gasteiger partial charge in [-0.15, -0.1) is 0 Å². The molecule has 0 amide bonds. The maximum absolute atomic E-state index is 2.56. The van der Waals surface area contributed by atoms with E-state index >= 15 is 0 Å². The summed E-state index contributed by atoms with van der Waals surface area (Å²) in [4.78, 5) is 0. The molecule has 2 nitrogen and oxygen atoms in total. The molecule has 0 aliphatic rings. The normalized spacial score (nSPS) is 11.5. The zero-order valence-electron chi connectivity index (χ0n) is 23.9.